The van der Waals surface area contributed by atoms with Crippen LogP contribution >= 0.6 is 0 Å². The summed E-state index contributed by atoms with van der Waals surface area (Å²) in [6.07, 6.45) is -2.70. The summed E-state index contributed by atoms with van der Waals surface area (Å²) in [6.45, 7) is 1.96. The minimum Gasteiger partial charge on any atom is -0.481 e. The van der Waals surface area contributed by atoms with E-state index in [-0.39, 0.29) is 12.1 Å². The number of hydrogen-bond donors (Lipinski definition) is 1. The molecule has 1 unspecified atom stereocenters. The smallest absolute Gasteiger partial charge is 0.433 e. The Morgan fingerprint density at radius 3 is 2.55 bits per heavy atom. The van der Waals surface area contributed by atoms with Crippen molar-refractivity contribution in [3.05, 3.63) is 29.6 Å². The molecule has 1 atom stereocenters. The van der Waals surface area contributed by atoms with Gasteiger partial charge in [0, 0.05) is 19.3 Å². The second-order valence-corrected chi connectivity index (χ2v) is 5.63. The van der Waals surface area contributed by atoms with Crippen LogP contribution in [0.4, 0.5) is 13.2 Å². The number of carbonyl (C=O) groups excluding carboxylic acids is 1. The van der Waals surface area contributed by atoms with E-state index in [1.165, 1.54) is 4.90 Å². The normalized spacial score (nSPS) is 22.5. The van der Waals surface area contributed by atoms with Gasteiger partial charge in [-0.2, -0.15) is 13.2 Å². The lowest BCUT2D eigenvalue weighted by Crippen LogP contribution is -2.48. The molecule has 5 nitrogen and oxygen atoms in total. The van der Waals surface area contributed by atoms with Crippen LogP contribution in [0, 0.1) is 5.41 Å². The number of rotatable bonds is 2. The van der Waals surface area contributed by atoms with E-state index in [2.05, 4.69) is 4.98 Å². The maximum atomic E-state index is 12.4. The largest absolute Gasteiger partial charge is 0.481 e. The molecule has 0 bridgehead atoms. The van der Waals surface area contributed by atoms with Crippen molar-refractivity contribution in [1.82, 2.24) is 9.88 Å². The van der Waals surface area contributed by atoms with Gasteiger partial charge in [0.1, 0.15) is 5.69 Å². The zero-order valence-corrected chi connectivity index (χ0v) is 11.9. The minimum atomic E-state index is -4.56. The number of carbonyl (C=O) groups is 2. The minimum absolute atomic E-state index is 0.0163. The number of carboxylic acids is 1. The number of halogens is 3. The molecule has 0 spiro atoms. The third-order valence-electron chi connectivity index (χ3n) is 3.80. The molecule has 0 saturated carbocycles. The average Bonchev–Trinajstić information content (AvgIpc) is 2.45. The number of aromatic nitrogens is 1. The van der Waals surface area contributed by atoms with Crippen molar-refractivity contribution in [3.8, 4) is 0 Å². The molecule has 1 amide bonds. The highest BCUT2D eigenvalue weighted by Gasteiger charge is 2.39. The summed E-state index contributed by atoms with van der Waals surface area (Å²) in [5, 5.41) is 9.22. The van der Waals surface area contributed by atoms with Crippen molar-refractivity contribution in [2.24, 2.45) is 5.41 Å². The summed E-state index contributed by atoms with van der Waals surface area (Å²) in [6, 6.07) is 1.80. The van der Waals surface area contributed by atoms with E-state index in [9.17, 15) is 27.9 Å². The number of alkyl halides is 3. The Morgan fingerprint density at radius 2 is 2.05 bits per heavy atom. The van der Waals surface area contributed by atoms with Crippen LogP contribution in [-0.4, -0.2) is 40.0 Å². The van der Waals surface area contributed by atoms with Gasteiger partial charge in [0.15, 0.2) is 0 Å². The van der Waals surface area contributed by atoms with Crippen LogP contribution in [-0.2, 0) is 11.0 Å². The molecule has 22 heavy (non-hydrogen) atoms. The Kier molecular flexibility index (Phi) is 4.12. The van der Waals surface area contributed by atoms with E-state index >= 15 is 0 Å². The molecule has 120 valence electrons. The third kappa shape index (κ3) is 3.20. The highest BCUT2D eigenvalue weighted by atomic mass is 19.4. The number of aliphatic carboxylic acids is 1. The van der Waals surface area contributed by atoms with Crippen LogP contribution in [0.5, 0.6) is 0 Å². The van der Waals surface area contributed by atoms with Crippen LogP contribution in [0.25, 0.3) is 0 Å². The van der Waals surface area contributed by atoms with E-state index in [1.807, 2.05) is 0 Å². The number of nitrogens with zero attached hydrogens (tertiary/aromatic N) is 2. The average molecular weight is 316 g/mol. The van der Waals surface area contributed by atoms with Crippen molar-refractivity contribution >= 4 is 11.9 Å². The first-order chi connectivity index (χ1) is 10.1. The maximum Gasteiger partial charge on any atom is 0.433 e. The molecule has 0 aromatic carbocycles. The summed E-state index contributed by atoms with van der Waals surface area (Å²) in [7, 11) is 0. The van der Waals surface area contributed by atoms with Gasteiger partial charge in [-0.05, 0) is 31.9 Å². The standard InChI is InChI=1S/C14H15F3N2O3/c1-13(12(21)22)5-2-6-19(8-13)11(20)9-3-4-10(18-7-9)14(15,16)17/h3-4,7H,2,5-6,8H2,1H3,(H,21,22). The molecule has 1 aromatic heterocycles. The predicted molar refractivity (Wildman–Crippen MR) is 70.1 cm³/mol. The summed E-state index contributed by atoms with van der Waals surface area (Å²) >= 11 is 0. The second-order valence-electron chi connectivity index (χ2n) is 5.63. The zero-order valence-electron chi connectivity index (χ0n) is 11.9. The number of likely N-dealkylation sites (tertiary alicyclic amines) is 1. The molecule has 0 radical (unpaired) electrons. The van der Waals surface area contributed by atoms with Gasteiger partial charge in [-0.3, -0.25) is 14.6 Å². The van der Waals surface area contributed by atoms with E-state index in [0.29, 0.717) is 19.4 Å². The van der Waals surface area contributed by atoms with Crippen LogP contribution in [0.15, 0.2) is 18.3 Å². The summed E-state index contributed by atoms with van der Waals surface area (Å²) in [5.74, 6) is -1.50. The van der Waals surface area contributed by atoms with Crippen molar-refractivity contribution in [1.29, 1.82) is 0 Å². The Hall–Kier alpha value is -2.12. The third-order valence-corrected chi connectivity index (χ3v) is 3.80. The molecular formula is C14H15F3N2O3. The first-order valence-electron chi connectivity index (χ1n) is 6.69. The zero-order chi connectivity index (χ0) is 16.5. The van der Waals surface area contributed by atoms with Crippen molar-refractivity contribution in [3.63, 3.8) is 0 Å². The monoisotopic (exact) mass is 316 g/mol. The number of hydrogen-bond acceptors (Lipinski definition) is 3. The van der Waals surface area contributed by atoms with Gasteiger partial charge >= 0.3 is 12.1 Å². The van der Waals surface area contributed by atoms with Crippen molar-refractivity contribution in [2.75, 3.05) is 13.1 Å². The molecule has 1 fully saturated rings. The molecule has 2 rings (SSSR count). The Bertz CT molecular complexity index is 586. The first kappa shape index (κ1) is 16.3. The lowest BCUT2D eigenvalue weighted by molar-refractivity contribution is -0.150. The molecule has 1 aliphatic heterocycles. The molecule has 1 aliphatic rings. The highest BCUT2D eigenvalue weighted by Crippen LogP contribution is 2.31. The fourth-order valence-electron chi connectivity index (χ4n) is 2.46. The van der Waals surface area contributed by atoms with Crippen LogP contribution < -0.4 is 0 Å². The lowest BCUT2D eigenvalue weighted by atomic mass is 9.82. The molecule has 1 N–H and O–H groups in total. The van der Waals surface area contributed by atoms with Gasteiger partial charge < -0.3 is 10.0 Å². The van der Waals surface area contributed by atoms with Gasteiger partial charge in [0.05, 0.1) is 11.0 Å². The van der Waals surface area contributed by atoms with Crippen molar-refractivity contribution < 1.29 is 27.9 Å². The number of amides is 1. The van der Waals surface area contributed by atoms with Crippen LogP contribution in [0.1, 0.15) is 35.8 Å². The van der Waals surface area contributed by atoms with E-state index in [0.717, 1.165) is 18.3 Å². The molecule has 1 aromatic rings. The fourth-order valence-corrected chi connectivity index (χ4v) is 2.46. The van der Waals surface area contributed by atoms with Gasteiger partial charge in [-0.25, -0.2) is 0 Å². The summed E-state index contributed by atoms with van der Waals surface area (Å²) in [5.41, 5.74) is -2.09. The van der Waals surface area contributed by atoms with Gasteiger partial charge in [-0.15, -0.1) is 0 Å². The van der Waals surface area contributed by atoms with E-state index < -0.39 is 29.2 Å². The van der Waals surface area contributed by atoms with Crippen LogP contribution in [0.3, 0.4) is 0 Å². The number of pyridine rings is 1. The van der Waals surface area contributed by atoms with Gasteiger partial charge in [-0.1, -0.05) is 0 Å². The van der Waals surface area contributed by atoms with Gasteiger partial charge in [0.25, 0.3) is 5.91 Å². The topological polar surface area (TPSA) is 70.5 Å². The van der Waals surface area contributed by atoms with Crippen LogP contribution in [0.2, 0.25) is 0 Å². The fraction of sp³-hybridized carbons (Fsp3) is 0.500. The molecule has 2 heterocycles. The molecule has 0 aliphatic carbocycles. The lowest BCUT2D eigenvalue weighted by Gasteiger charge is -2.37. The SMILES string of the molecule is CC1(C(=O)O)CCCN(C(=O)c2ccc(C(F)(F)F)nc2)C1. The second kappa shape index (κ2) is 5.58. The molecule has 8 heteroatoms. The predicted octanol–water partition coefficient (Wildman–Crippen LogP) is 2.43. The molecular weight excluding hydrogens is 301 g/mol. The first-order valence-corrected chi connectivity index (χ1v) is 6.69. The maximum absolute atomic E-state index is 12.4. The number of carboxylic acid groups (broad SMARTS) is 1. The highest BCUT2D eigenvalue weighted by molar-refractivity contribution is 5.94. The quantitative estimate of drug-likeness (QED) is 0.909. The van der Waals surface area contributed by atoms with Crippen molar-refractivity contribution in [2.45, 2.75) is 25.9 Å². The Labute approximate surface area is 124 Å². The number of piperidine rings is 1. The van der Waals surface area contributed by atoms with E-state index in [4.69, 9.17) is 0 Å². The Balaban J connectivity index is 2.16. The molecule has 1 saturated heterocycles. The summed E-state index contributed by atoms with van der Waals surface area (Å²) in [4.78, 5) is 28.1. The Morgan fingerprint density at radius 1 is 1.36 bits per heavy atom. The summed E-state index contributed by atoms with van der Waals surface area (Å²) < 4.78 is 37.3. The van der Waals surface area contributed by atoms with E-state index in [1.54, 1.807) is 6.92 Å². The van der Waals surface area contributed by atoms with Gasteiger partial charge in [0.2, 0.25) is 0 Å².